The van der Waals surface area contributed by atoms with Crippen molar-refractivity contribution in [3.05, 3.63) is 0 Å². The zero-order valence-corrected chi connectivity index (χ0v) is 10.4. The largest absolute Gasteiger partial charge is 0.160 e. The van der Waals surface area contributed by atoms with E-state index >= 15 is 0 Å². The molecule has 14 heavy (non-hydrogen) atoms. The molecule has 0 aliphatic carbocycles. The lowest BCUT2D eigenvalue weighted by molar-refractivity contribution is 1.24. The van der Waals surface area contributed by atoms with Gasteiger partial charge in [0.25, 0.3) is 0 Å². The maximum absolute atomic E-state index is 3.85. The van der Waals surface area contributed by atoms with Crippen molar-refractivity contribution in [3.8, 4) is 0 Å². The van der Waals surface area contributed by atoms with Crippen molar-refractivity contribution in [3.63, 3.8) is 0 Å². The number of hydrogen-bond acceptors (Lipinski definition) is 6. The Kier molecular flexibility index (Phi) is 8.56. The van der Waals surface area contributed by atoms with Crippen LogP contribution in [0.15, 0.2) is 20.4 Å². The zero-order valence-electron chi connectivity index (χ0n) is 8.76. The third-order valence-electron chi connectivity index (χ3n) is 0.751. The number of hydrogen-bond donors (Lipinski definition) is 0. The van der Waals surface area contributed by atoms with Gasteiger partial charge in [-0.05, 0) is 49.3 Å². The van der Waals surface area contributed by atoms with Crippen LogP contribution in [0.5, 0.6) is 0 Å². The topological polar surface area (TPSA) is 49.4 Å². The highest BCUT2D eigenvalue weighted by molar-refractivity contribution is 8.86. The van der Waals surface area contributed by atoms with E-state index < -0.39 is 0 Å². The third kappa shape index (κ3) is 11.4. The summed E-state index contributed by atoms with van der Waals surface area (Å²) in [6, 6.07) is 0. The van der Waals surface area contributed by atoms with Crippen LogP contribution in [0.2, 0.25) is 0 Å². The Morgan fingerprint density at radius 1 is 0.786 bits per heavy atom. The molecule has 0 bridgehead atoms. The Bertz CT molecular complexity index is 233. The predicted octanol–water partition coefficient (Wildman–Crippen LogP) is 3.22. The number of rotatable bonds is 5. The summed E-state index contributed by atoms with van der Waals surface area (Å²) in [7, 11) is 2.89. The van der Waals surface area contributed by atoms with Crippen LogP contribution in [0.4, 0.5) is 0 Å². The first-order valence-electron chi connectivity index (χ1n) is 4.00. The van der Waals surface area contributed by atoms with Gasteiger partial charge >= 0.3 is 0 Å². The maximum Gasteiger partial charge on any atom is 0.0935 e. The fraction of sp³-hybridized carbons (Fsp3) is 0.500. The van der Waals surface area contributed by atoms with Crippen molar-refractivity contribution < 1.29 is 0 Å². The van der Waals surface area contributed by atoms with Crippen LogP contribution in [-0.4, -0.2) is 22.5 Å². The van der Waals surface area contributed by atoms with Gasteiger partial charge in [-0.3, -0.25) is 0 Å². The molecule has 0 aliphatic rings. The molecule has 0 fully saturated rings. The van der Waals surface area contributed by atoms with Crippen LogP contribution in [-0.2, 0) is 0 Å². The molecule has 0 rings (SSSR count). The van der Waals surface area contributed by atoms with Crippen molar-refractivity contribution in [1.29, 1.82) is 0 Å². The Balaban J connectivity index is 3.57. The Morgan fingerprint density at radius 2 is 1.14 bits per heavy atom. The molecule has 0 saturated heterocycles. The minimum atomic E-state index is 0.937. The smallest absolute Gasteiger partial charge is 0.0935 e. The van der Waals surface area contributed by atoms with Gasteiger partial charge in [-0.15, -0.1) is 0 Å². The van der Waals surface area contributed by atoms with Gasteiger partial charge in [0.1, 0.15) is 0 Å². The normalized spacial score (nSPS) is 10.9. The van der Waals surface area contributed by atoms with E-state index in [0.717, 1.165) is 11.4 Å². The molecule has 6 heteroatoms. The fourth-order valence-electron chi connectivity index (χ4n) is 0.366. The minimum Gasteiger partial charge on any atom is -0.160 e. The van der Waals surface area contributed by atoms with E-state index in [4.69, 9.17) is 0 Å². The molecule has 78 valence electrons. The number of nitrogens with zero attached hydrogens (tertiary/aromatic N) is 4. The lowest BCUT2D eigenvalue weighted by Crippen LogP contribution is -1.76. The van der Waals surface area contributed by atoms with Gasteiger partial charge in [-0.2, -0.15) is 20.4 Å². The molecule has 0 unspecified atom stereocenters. The first-order valence-corrected chi connectivity index (χ1v) is 6.28. The fourth-order valence-corrected chi connectivity index (χ4v) is 1.17. The van der Waals surface area contributed by atoms with Crippen LogP contribution in [0.25, 0.3) is 0 Å². The van der Waals surface area contributed by atoms with Crippen LogP contribution in [0.1, 0.15) is 27.7 Å². The van der Waals surface area contributed by atoms with Gasteiger partial charge in [0.05, 0.1) is 11.1 Å². The second-order valence-corrected chi connectivity index (χ2v) is 4.69. The van der Waals surface area contributed by atoms with Crippen molar-refractivity contribution >= 4 is 44.1 Å². The summed E-state index contributed by atoms with van der Waals surface area (Å²) in [6.45, 7) is 7.59. The summed E-state index contributed by atoms with van der Waals surface area (Å²) in [5.74, 6) is 0. The monoisotopic (exact) mass is 230 g/mol. The van der Waals surface area contributed by atoms with Gasteiger partial charge < -0.3 is 0 Å². The highest BCUT2D eigenvalue weighted by Crippen LogP contribution is 2.14. The van der Waals surface area contributed by atoms with Gasteiger partial charge in [-0.25, -0.2) is 0 Å². The maximum atomic E-state index is 3.85. The molecular weight excluding hydrogens is 216 g/mol. The summed E-state index contributed by atoms with van der Waals surface area (Å²) < 4.78 is 0. The molecule has 0 aromatic rings. The summed E-state index contributed by atoms with van der Waals surface area (Å²) >= 11 is 0. The summed E-state index contributed by atoms with van der Waals surface area (Å²) in [6.07, 6.45) is 0. The second kappa shape index (κ2) is 8.96. The van der Waals surface area contributed by atoms with Gasteiger partial charge in [-0.1, -0.05) is 0 Å². The molecular formula is C8H14N4S2. The predicted molar refractivity (Wildman–Crippen MR) is 69.7 cm³/mol. The second-order valence-electron chi connectivity index (χ2n) is 2.73. The minimum absolute atomic E-state index is 0.937. The molecule has 0 aromatic heterocycles. The summed E-state index contributed by atoms with van der Waals surface area (Å²) in [5, 5.41) is 15.3. The molecule has 0 atom stereocenters. The highest BCUT2D eigenvalue weighted by Gasteiger charge is 1.79. The van der Waals surface area contributed by atoms with Crippen molar-refractivity contribution in [2.24, 2.45) is 20.4 Å². The van der Waals surface area contributed by atoms with Crippen molar-refractivity contribution in [2.45, 2.75) is 27.7 Å². The molecule has 0 spiro atoms. The average Bonchev–Trinajstić information content (AvgIpc) is 2.08. The van der Waals surface area contributed by atoms with Crippen LogP contribution in [0.3, 0.4) is 0 Å². The lowest BCUT2D eigenvalue weighted by Gasteiger charge is -1.84. The van der Waals surface area contributed by atoms with E-state index in [-0.39, 0.29) is 0 Å². The SMILES string of the molecule is CC(C)=NN=CSSC=NN=C(C)C. The van der Waals surface area contributed by atoms with Gasteiger partial charge in [0.2, 0.25) is 0 Å². The van der Waals surface area contributed by atoms with Crippen LogP contribution in [0, 0.1) is 0 Å². The molecule has 0 heterocycles. The first-order chi connectivity index (χ1) is 6.63. The molecule has 4 nitrogen and oxygen atoms in total. The van der Waals surface area contributed by atoms with E-state index in [1.165, 1.54) is 21.6 Å². The average molecular weight is 230 g/mol. The quantitative estimate of drug-likeness (QED) is 0.239. The van der Waals surface area contributed by atoms with E-state index in [1.54, 1.807) is 11.1 Å². The van der Waals surface area contributed by atoms with Crippen molar-refractivity contribution in [1.82, 2.24) is 0 Å². The van der Waals surface area contributed by atoms with E-state index in [0.29, 0.717) is 0 Å². The molecule has 0 amide bonds. The Labute approximate surface area is 92.5 Å². The zero-order chi connectivity index (χ0) is 10.8. The highest BCUT2D eigenvalue weighted by atomic mass is 33.1. The van der Waals surface area contributed by atoms with Gasteiger partial charge in [0.15, 0.2) is 0 Å². The first kappa shape index (κ1) is 13.4. The van der Waals surface area contributed by atoms with E-state index in [2.05, 4.69) is 20.4 Å². The van der Waals surface area contributed by atoms with E-state index in [1.807, 2.05) is 27.7 Å². The standard InChI is InChI=1S/C8H14N4S2/c1-7(2)11-9-5-13-14-6-10-12-8(3)4/h5-6H,1-4H3. The molecule has 0 saturated carbocycles. The summed E-state index contributed by atoms with van der Waals surface area (Å²) in [5.41, 5.74) is 5.19. The molecule has 0 aliphatic heterocycles. The van der Waals surface area contributed by atoms with Crippen LogP contribution >= 0.6 is 21.6 Å². The molecule has 0 N–H and O–H groups in total. The van der Waals surface area contributed by atoms with Crippen LogP contribution < -0.4 is 0 Å². The van der Waals surface area contributed by atoms with E-state index in [9.17, 15) is 0 Å². The summed E-state index contributed by atoms with van der Waals surface area (Å²) in [4.78, 5) is 0. The third-order valence-corrected chi connectivity index (χ3v) is 2.07. The molecule has 0 radical (unpaired) electrons. The Hall–Kier alpha value is -0.620. The lowest BCUT2D eigenvalue weighted by atomic mass is 10.5. The van der Waals surface area contributed by atoms with Gasteiger partial charge in [0, 0.05) is 11.4 Å². The van der Waals surface area contributed by atoms with Crippen molar-refractivity contribution in [2.75, 3.05) is 0 Å². The Morgan fingerprint density at radius 3 is 1.43 bits per heavy atom. The molecule has 0 aromatic carbocycles.